The van der Waals surface area contributed by atoms with Gasteiger partial charge in [-0.25, -0.2) is 18.5 Å². The second-order valence-electron chi connectivity index (χ2n) is 4.01. The number of aromatic nitrogens is 1. The fourth-order valence-electron chi connectivity index (χ4n) is 1.59. The number of carbonyl (C=O) groups excluding carboxylic acids is 1. The second-order valence-corrected chi connectivity index (χ2v) is 5.75. The summed E-state index contributed by atoms with van der Waals surface area (Å²) in [5.74, 6) is -0.721. The van der Waals surface area contributed by atoms with Gasteiger partial charge in [-0.05, 0) is 12.1 Å². The SMILES string of the molecule is NS(=O)(=O)CCNC(=O)c1ccc2ccccc2n1. The lowest BCUT2D eigenvalue weighted by Crippen LogP contribution is -2.31. The van der Waals surface area contributed by atoms with E-state index in [2.05, 4.69) is 10.3 Å². The maximum atomic E-state index is 11.8. The molecule has 0 spiro atoms. The molecule has 19 heavy (non-hydrogen) atoms. The number of nitrogens with two attached hydrogens (primary N) is 1. The van der Waals surface area contributed by atoms with Crippen LogP contribution in [0.1, 0.15) is 10.5 Å². The molecule has 0 bridgehead atoms. The quantitative estimate of drug-likeness (QED) is 0.837. The van der Waals surface area contributed by atoms with Crippen LogP contribution < -0.4 is 10.5 Å². The van der Waals surface area contributed by atoms with E-state index in [9.17, 15) is 13.2 Å². The standard InChI is InChI=1S/C12H13N3O3S/c13-19(17,18)8-7-14-12(16)11-6-5-9-3-1-2-4-10(9)15-11/h1-6H,7-8H2,(H,14,16)(H2,13,17,18). The number of fused-ring (bicyclic) bond motifs is 1. The van der Waals surface area contributed by atoms with Gasteiger partial charge in [0.1, 0.15) is 5.69 Å². The van der Waals surface area contributed by atoms with Crippen molar-refractivity contribution in [3.05, 3.63) is 42.1 Å². The van der Waals surface area contributed by atoms with E-state index in [-0.39, 0.29) is 18.0 Å². The van der Waals surface area contributed by atoms with Gasteiger partial charge in [-0.3, -0.25) is 4.79 Å². The molecule has 0 aliphatic heterocycles. The molecular formula is C12H13N3O3S. The van der Waals surface area contributed by atoms with Crippen molar-refractivity contribution in [1.29, 1.82) is 0 Å². The van der Waals surface area contributed by atoms with Crippen LogP contribution in [0.4, 0.5) is 0 Å². The number of hydrogen-bond donors (Lipinski definition) is 2. The lowest BCUT2D eigenvalue weighted by molar-refractivity contribution is 0.0951. The van der Waals surface area contributed by atoms with Crippen molar-refractivity contribution < 1.29 is 13.2 Å². The van der Waals surface area contributed by atoms with Gasteiger partial charge in [0.2, 0.25) is 10.0 Å². The lowest BCUT2D eigenvalue weighted by atomic mass is 10.2. The topological polar surface area (TPSA) is 102 Å². The first-order chi connectivity index (χ1) is 8.96. The van der Waals surface area contributed by atoms with E-state index in [0.717, 1.165) is 5.39 Å². The molecule has 0 aliphatic rings. The molecule has 0 radical (unpaired) electrons. The van der Waals surface area contributed by atoms with Crippen molar-refractivity contribution in [2.45, 2.75) is 0 Å². The molecule has 0 fully saturated rings. The molecule has 0 aliphatic carbocycles. The highest BCUT2D eigenvalue weighted by molar-refractivity contribution is 7.89. The molecule has 1 amide bonds. The fourth-order valence-corrected chi connectivity index (χ4v) is 1.98. The summed E-state index contributed by atoms with van der Waals surface area (Å²) < 4.78 is 21.5. The molecule has 0 saturated carbocycles. The average molecular weight is 279 g/mol. The molecule has 2 aromatic rings. The van der Waals surface area contributed by atoms with Crippen LogP contribution >= 0.6 is 0 Å². The first kappa shape index (κ1) is 13.4. The molecule has 100 valence electrons. The van der Waals surface area contributed by atoms with Gasteiger partial charge in [0.25, 0.3) is 5.91 Å². The van der Waals surface area contributed by atoms with Gasteiger partial charge < -0.3 is 5.32 Å². The molecule has 1 aromatic heterocycles. The van der Waals surface area contributed by atoms with Gasteiger partial charge in [-0.15, -0.1) is 0 Å². The van der Waals surface area contributed by atoms with Crippen molar-refractivity contribution in [1.82, 2.24) is 10.3 Å². The highest BCUT2D eigenvalue weighted by Crippen LogP contribution is 2.11. The summed E-state index contributed by atoms with van der Waals surface area (Å²) in [6, 6.07) is 10.8. The van der Waals surface area contributed by atoms with Gasteiger partial charge in [0.05, 0.1) is 11.3 Å². The summed E-state index contributed by atoms with van der Waals surface area (Å²) in [7, 11) is -3.57. The average Bonchev–Trinajstić information content (AvgIpc) is 2.36. The summed E-state index contributed by atoms with van der Waals surface area (Å²) in [5.41, 5.74) is 0.953. The van der Waals surface area contributed by atoms with Gasteiger partial charge in [-0.1, -0.05) is 24.3 Å². The number of nitrogens with zero attached hydrogens (tertiary/aromatic N) is 1. The van der Waals surface area contributed by atoms with Gasteiger partial charge in [-0.2, -0.15) is 0 Å². The smallest absolute Gasteiger partial charge is 0.269 e. The Balaban J connectivity index is 2.09. The molecule has 1 heterocycles. The fraction of sp³-hybridized carbons (Fsp3) is 0.167. The van der Waals surface area contributed by atoms with Crippen LogP contribution in [0.2, 0.25) is 0 Å². The Bertz CT molecular complexity index is 713. The summed E-state index contributed by atoms with van der Waals surface area (Å²) in [6.07, 6.45) is 0. The minimum Gasteiger partial charge on any atom is -0.350 e. The van der Waals surface area contributed by atoms with E-state index in [1.54, 1.807) is 18.2 Å². The summed E-state index contributed by atoms with van der Waals surface area (Å²) in [6.45, 7) is -0.0355. The highest BCUT2D eigenvalue weighted by atomic mass is 32.2. The molecule has 7 heteroatoms. The molecule has 3 N–H and O–H groups in total. The summed E-state index contributed by atoms with van der Waals surface area (Å²) in [5, 5.41) is 8.23. The first-order valence-corrected chi connectivity index (χ1v) is 7.32. The predicted molar refractivity (Wildman–Crippen MR) is 72.1 cm³/mol. The zero-order valence-corrected chi connectivity index (χ0v) is 10.9. The molecular weight excluding hydrogens is 266 g/mol. The lowest BCUT2D eigenvalue weighted by Gasteiger charge is -2.04. The third-order valence-electron chi connectivity index (χ3n) is 2.50. The number of para-hydroxylation sites is 1. The maximum absolute atomic E-state index is 11.8. The molecule has 0 saturated heterocycles. The van der Waals surface area contributed by atoms with Crippen molar-refractivity contribution in [2.24, 2.45) is 5.14 Å². The van der Waals surface area contributed by atoms with Crippen LogP contribution in [0.25, 0.3) is 10.9 Å². The third-order valence-corrected chi connectivity index (χ3v) is 3.28. The minimum atomic E-state index is -3.57. The number of benzene rings is 1. The number of sulfonamides is 1. The molecule has 0 unspecified atom stereocenters. The molecule has 0 atom stereocenters. The number of rotatable bonds is 4. The van der Waals surface area contributed by atoms with Crippen molar-refractivity contribution in [3.8, 4) is 0 Å². The van der Waals surface area contributed by atoms with Crippen LogP contribution in [-0.2, 0) is 10.0 Å². The summed E-state index contributed by atoms with van der Waals surface area (Å²) in [4.78, 5) is 16.0. The Morgan fingerprint density at radius 1 is 1.21 bits per heavy atom. The molecule has 2 rings (SSSR count). The third kappa shape index (κ3) is 3.73. The maximum Gasteiger partial charge on any atom is 0.269 e. The number of nitrogens with one attached hydrogen (secondary N) is 1. The van der Waals surface area contributed by atoms with E-state index in [0.29, 0.717) is 5.52 Å². The van der Waals surface area contributed by atoms with Crippen LogP contribution in [0.15, 0.2) is 36.4 Å². The highest BCUT2D eigenvalue weighted by Gasteiger charge is 2.09. The second kappa shape index (κ2) is 5.33. The monoisotopic (exact) mass is 279 g/mol. The normalized spacial score (nSPS) is 11.4. The molecule has 6 nitrogen and oxygen atoms in total. The van der Waals surface area contributed by atoms with Gasteiger partial charge >= 0.3 is 0 Å². The van der Waals surface area contributed by atoms with E-state index in [4.69, 9.17) is 5.14 Å². The number of amides is 1. The zero-order chi connectivity index (χ0) is 13.9. The van der Waals surface area contributed by atoms with E-state index in [1.165, 1.54) is 0 Å². The minimum absolute atomic E-state index is 0.0355. The Morgan fingerprint density at radius 3 is 2.68 bits per heavy atom. The largest absolute Gasteiger partial charge is 0.350 e. The van der Waals surface area contributed by atoms with Gasteiger partial charge in [0, 0.05) is 11.9 Å². The zero-order valence-electron chi connectivity index (χ0n) is 10.0. The number of pyridine rings is 1. The number of carbonyl (C=O) groups is 1. The first-order valence-electron chi connectivity index (χ1n) is 5.60. The van der Waals surface area contributed by atoms with Crippen molar-refractivity contribution >= 4 is 26.8 Å². The van der Waals surface area contributed by atoms with Crippen LogP contribution in [0, 0.1) is 0 Å². The van der Waals surface area contributed by atoms with Crippen LogP contribution in [-0.4, -0.2) is 31.6 Å². The Kier molecular flexibility index (Phi) is 3.77. The Hall–Kier alpha value is -1.99. The number of hydrogen-bond acceptors (Lipinski definition) is 4. The van der Waals surface area contributed by atoms with E-state index < -0.39 is 15.9 Å². The Labute approximate surface area is 110 Å². The van der Waals surface area contributed by atoms with Crippen LogP contribution in [0.3, 0.4) is 0 Å². The van der Waals surface area contributed by atoms with Gasteiger partial charge in [0.15, 0.2) is 0 Å². The van der Waals surface area contributed by atoms with E-state index in [1.807, 2.05) is 18.2 Å². The van der Waals surface area contributed by atoms with Crippen LogP contribution in [0.5, 0.6) is 0 Å². The molecule has 1 aromatic carbocycles. The van der Waals surface area contributed by atoms with Crippen molar-refractivity contribution in [2.75, 3.05) is 12.3 Å². The Morgan fingerprint density at radius 2 is 1.95 bits per heavy atom. The van der Waals surface area contributed by atoms with Crippen molar-refractivity contribution in [3.63, 3.8) is 0 Å². The predicted octanol–water partition coefficient (Wildman–Crippen LogP) is 0.253. The number of primary sulfonamides is 1. The summed E-state index contributed by atoms with van der Waals surface area (Å²) >= 11 is 0. The van der Waals surface area contributed by atoms with E-state index >= 15 is 0 Å².